The predicted octanol–water partition coefficient (Wildman–Crippen LogP) is 4.42. The van der Waals surface area contributed by atoms with Crippen LogP contribution in [0.2, 0.25) is 5.02 Å². The molecule has 0 aliphatic carbocycles. The van der Waals surface area contributed by atoms with E-state index in [-0.39, 0.29) is 12.4 Å². The first-order chi connectivity index (χ1) is 16.4. The fraction of sp³-hybridized carbons (Fsp3) is 0.391. The topological polar surface area (TPSA) is 78.6 Å². The number of amides is 1. The molecule has 0 bridgehead atoms. The van der Waals surface area contributed by atoms with E-state index in [2.05, 4.69) is 32.0 Å². The summed E-state index contributed by atoms with van der Waals surface area (Å²) in [5.41, 5.74) is 2.61. The Labute approximate surface area is 201 Å². The molecule has 3 heterocycles. The number of benzene rings is 1. The second-order valence-corrected chi connectivity index (χ2v) is 8.73. The molecule has 2 aromatic heterocycles. The molecule has 0 atom stereocenters. The molecule has 8 nitrogen and oxygen atoms in total. The van der Waals surface area contributed by atoms with Crippen LogP contribution in [0.5, 0.6) is 0 Å². The molecule has 1 fully saturated rings. The number of carbonyl (C=O) groups is 1. The summed E-state index contributed by atoms with van der Waals surface area (Å²) >= 11 is 6.31. The second-order valence-electron chi connectivity index (χ2n) is 8.30. The minimum atomic E-state index is -2.84. The summed E-state index contributed by atoms with van der Waals surface area (Å²) < 4.78 is 30.3. The fourth-order valence-corrected chi connectivity index (χ4v) is 4.20. The summed E-state index contributed by atoms with van der Waals surface area (Å²) in [6.45, 7) is 2.24. The van der Waals surface area contributed by atoms with Gasteiger partial charge in [-0.05, 0) is 63.3 Å². The van der Waals surface area contributed by atoms with Crippen LogP contribution in [0.1, 0.15) is 30.9 Å². The number of rotatable bonds is 8. The molecule has 34 heavy (non-hydrogen) atoms. The number of hydrogen-bond acceptors (Lipinski definition) is 7. The molecule has 3 aromatic rings. The summed E-state index contributed by atoms with van der Waals surface area (Å²) in [6.07, 6.45) is 1.42. The van der Waals surface area contributed by atoms with E-state index in [1.165, 1.54) is 6.20 Å². The van der Waals surface area contributed by atoms with E-state index in [0.29, 0.717) is 22.3 Å². The Morgan fingerprint density at radius 3 is 2.59 bits per heavy atom. The van der Waals surface area contributed by atoms with Crippen LogP contribution in [0.4, 0.5) is 20.2 Å². The van der Waals surface area contributed by atoms with Crippen molar-refractivity contribution >= 4 is 29.4 Å². The molecule has 1 aliphatic rings. The zero-order chi connectivity index (χ0) is 24.2. The zero-order valence-corrected chi connectivity index (χ0v) is 19.6. The first-order valence-corrected chi connectivity index (χ1v) is 11.2. The third kappa shape index (κ3) is 5.34. The maximum Gasteiger partial charge on any atom is 0.314 e. The minimum absolute atomic E-state index is 0.0404. The van der Waals surface area contributed by atoms with E-state index in [4.69, 9.17) is 16.0 Å². The van der Waals surface area contributed by atoms with Crippen LogP contribution in [0.25, 0.3) is 11.5 Å². The van der Waals surface area contributed by atoms with Crippen molar-refractivity contribution in [3.63, 3.8) is 0 Å². The van der Waals surface area contributed by atoms with E-state index in [0.717, 1.165) is 43.7 Å². The Morgan fingerprint density at radius 2 is 1.97 bits per heavy atom. The van der Waals surface area contributed by atoms with Crippen molar-refractivity contribution in [3.8, 4) is 11.5 Å². The molecule has 180 valence electrons. The van der Waals surface area contributed by atoms with Crippen LogP contribution in [0.15, 0.2) is 40.9 Å². The van der Waals surface area contributed by atoms with E-state index in [1.807, 2.05) is 19.2 Å². The number of alkyl halides is 2. The summed E-state index contributed by atoms with van der Waals surface area (Å²) in [6, 6.07) is 9.13. The third-order valence-corrected chi connectivity index (χ3v) is 6.26. The molecular weight excluding hydrogens is 466 g/mol. The van der Waals surface area contributed by atoms with Gasteiger partial charge in [0.25, 0.3) is 5.89 Å². The van der Waals surface area contributed by atoms with Crippen molar-refractivity contribution in [1.82, 2.24) is 20.1 Å². The van der Waals surface area contributed by atoms with Gasteiger partial charge in [-0.2, -0.15) is 8.78 Å². The molecule has 1 amide bonds. The molecule has 1 aromatic carbocycles. The van der Waals surface area contributed by atoms with Crippen LogP contribution in [0.3, 0.4) is 0 Å². The Bertz CT molecular complexity index is 1120. The number of carbonyl (C=O) groups excluding carboxylic acids is 1. The van der Waals surface area contributed by atoms with Gasteiger partial charge in [0.1, 0.15) is 0 Å². The number of likely N-dealkylation sites (tertiary alicyclic amines) is 1. The zero-order valence-electron chi connectivity index (χ0n) is 18.9. The summed E-state index contributed by atoms with van der Waals surface area (Å²) in [7, 11) is 4.14. The molecule has 1 saturated heterocycles. The van der Waals surface area contributed by atoms with Crippen LogP contribution < -0.4 is 9.80 Å². The Morgan fingerprint density at radius 1 is 1.21 bits per heavy atom. The van der Waals surface area contributed by atoms with Crippen molar-refractivity contribution in [2.24, 2.45) is 0 Å². The lowest BCUT2D eigenvalue weighted by Crippen LogP contribution is -2.42. The first kappa shape index (κ1) is 24.0. The number of anilines is 2. The summed E-state index contributed by atoms with van der Waals surface area (Å²) in [5, 5.41) is 7.54. The SMILES string of the molecule is CN1CCC(N(C)c2cc(Cl)ccc2N(C=O)Cc2ccc(-c3nnc(C(F)F)o3)cn2)CC1. The Hall–Kier alpha value is -3.11. The molecule has 4 rings (SSSR count). The number of hydrogen-bond donors (Lipinski definition) is 0. The van der Waals surface area contributed by atoms with Gasteiger partial charge in [0.05, 0.1) is 29.2 Å². The highest BCUT2D eigenvalue weighted by Crippen LogP contribution is 2.35. The monoisotopic (exact) mass is 490 g/mol. The van der Waals surface area contributed by atoms with Gasteiger partial charge in [-0.15, -0.1) is 10.2 Å². The summed E-state index contributed by atoms with van der Waals surface area (Å²) in [4.78, 5) is 22.5. The Kier molecular flexibility index (Phi) is 7.38. The lowest BCUT2D eigenvalue weighted by Gasteiger charge is -2.38. The molecule has 0 spiro atoms. The lowest BCUT2D eigenvalue weighted by atomic mass is 10.0. The second kappa shape index (κ2) is 10.4. The van der Waals surface area contributed by atoms with Gasteiger partial charge >= 0.3 is 6.43 Å². The average Bonchev–Trinajstić information content (AvgIpc) is 3.34. The van der Waals surface area contributed by atoms with Crippen molar-refractivity contribution < 1.29 is 18.0 Å². The Balaban J connectivity index is 1.54. The summed E-state index contributed by atoms with van der Waals surface area (Å²) in [5.74, 6) is -0.781. The van der Waals surface area contributed by atoms with Crippen LogP contribution in [-0.2, 0) is 11.3 Å². The fourth-order valence-electron chi connectivity index (χ4n) is 4.04. The van der Waals surface area contributed by atoms with Crippen molar-refractivity contribution in [2.75, 3.05) is 37.0 Å². The number of nitrogens with zero attached hydrogens (tertiary/aromatic N) is 6. The predicted molar refractivity (Wildman–Crippen MR) is 125 cm³/mol. The van der Waals surface area contributed by atoms with Crippen molar-refractivity contribution in [1.29, 1.82) is 0 Å². The van der Waals surface area contributed by atoms with Crippen LogP contribution in [0, 0.1) is 0 Å². The van der Waals surface area contributed by atoms with Gasteiger partial charge in [0, 0.05) is 24.3 Å². The highest BCUT2D eigenvalue weighted by molar-refractivity contribution is 6.31. The number of piperidine rings is 1. The van der Waals surface area contributed by atoms with Gasteiger partial charge in [-0.25, -0.2) is 0 Å². The van der Waals surface area contributed by atoms with Gasteiger partial charge in [0.2, 0.25) is 12.3 Å². The number of pyridine rings is 1. The standard InChI is InChI=1S/C23H25ClF2N6O2/c1-30-9-7-18(8-10-30)31(2)20-11-16(24)4-6-19(20)32(14-33)13-17-5-3-15(12-27-17)22-28-29-23(34-22)21(25)26/h3-6,11-12,14,18,21H,7-10,13H2,1-2H3. The molecule has 0 unspecified atom stereocenters. The van der Waals surface area contributed by atoms with Gasteiger partial charge < -0.3 is 19.1 Å². The van der Waals surface area contributed by atoms with Crippen molar-refractivity contribution in [2.45, 2.75) is 31.9 Å². The van der Waals surface area contributed by atoms with E-state index in [9.17, 15) is 13.6 Å². The lowest BCUT2D eigenvalue weighted by molar-refractivity contribution is -0.107. The highest BCUT2D eigenvalue weighted by Gasteiger charge is 2.24. The number of halogens is 3. The third-order valence-electron chi connectivity index (χ3n) is 6.02. The van der Waals surface area contributed by atoms with Crippen LogP contribution >= 0.6 is 11.6 Å². The highest BCUT2D eigenvalue weighted by atomic mass is 35.5. The van der Waals surface area contributed by atoms with Gasteiger partial charge in [0.15, 0.2) is 0 Å². The molecule has 0 N–H and O–H groups in total. The first-order valence-electron chi connectivity index (χ1n) is 10.9. The van der Waals surface area contributed by atoms with Crippen LogP contribution in [-0.4, -0.2) is 59.7 Å². The largest absolute Gasteiger partial charge is 0.415 e. The molecule has 0 saturated carbocycles. The average molecular weight is 491 g/mol. The maximum absolute atomic E-state index is 12.7. The molecule has 11 heteroatoms. The molecule has 0 radical (unpaired) electrons. The normalized spacial score (nSPS) is 15.0. The van der Waals surface area contributed by atoms with Gasteiger partial charge in [-0.3, -0.25) is 9.78 Å². The van der Waals surface area contributed by atoms with Gasteiger partial charge in [-0.1, -0.05) is 11.6 Å². The maximum atomic E-state index is 12.7. The number of aromatic nitrogens is 3. The minimum Gasteiger partial charge on any atom is -0.415 e. The quantitative estimate of drug-likeness (QED) is 0.432. The van der Waals surface area contributed by atoms with E-state index < -0.39 is 12.3 Å². The van der Waals surface area contributed by atoms with E-state index in [1.54, 1.807) is 23.1 Å². The molecular formula is C23H25ClF2N6O2. The van der Waals surface area contributed by atoms with Crippen molar-refractivity contribution in [3.05, 3.63) is 53.1 Å². The molecule has 1 aliphatic heterocycles. The van der Waals surface area contributed by atoms with E-state index >= 15 is 0 Å². The smallest absolute Gasteiger partial charge is 0.314 e.